The molecule has 2 heteroatoms. The van der Waals surface area contributed by atoms with Gasteiger partial charge in [-0.15, -0.1) is 0 Å². The van der Waals surface area contributed by atoms with E-state index in [0.29, 0.717) is 5.54 Å². The third-order valence-corrected chi connectivity index (χ3v) is 6.20. The number of hydrogen-bond acceptors (Lipinski definition) is 1. The van der Waals surface area contributed by atoms with Crippen molar-refractivity contribution in [3.8, 4) is 0 Å². The molecule has 0 aliphatic heterocycles. The molecule has 0 saturated heterocycles. The van der Waals surface area contributed by atoms with Gasteiger partial charge in [-0.05, 0) is 12.0 Å². The Labute approximate surface area is 97.3 Å². The van der Waals surface area contributed by atoms with Crippen LogP contribution >= 0.6 is 0 Å². The van der Waals surface area contributed by atoms with Crippen molar-refractivity contribution in [2.45, 2.75) is 83.7 Å². The molecule has 0 aromatic rings. The standard InChI is InChI=1S/C13H30OSi/c1-6-8-10-12(14)13(11-9-7-2)15(3,4)5/h12-14H,6-11H2,1-5H3/t12-,13-/m0/s1. The summed E-state index contributed by atoms with van der Waals surface area (Å²) < 4.78 is 0. The highest BCUT2D eigenvalue weighted by atomic mass is 28.3. The normalized spacial score (nSPS) is 16.4. The van der Waals surface area contributed by atoms with Gasteiger partial charge in [0.25, 0.3) is 0 Å². The first-order valence-electron chi connectivity index (χ1n) is 6.61. The van der Waals surface area contributed by atoms with Crippen LogP contribution in [0.15, 0.2) is 0 Å². The lowest BCUT2D eigenvalue weighted by Gasteiger charge is -2.33. The van der Waals surface area contributed by atoms with Crippen molar-refractivity contribution in [2.24, 2.45) is 0 Å². The smallest absolute Gasteiger partial charge is 0.0544 e. The first-order chi connectivity index (χ1) is 6.93. The Morgan fingerprint density at radius 3 is 1.80 bits per heavy atom. The highest BCUT2D eigenvalue weighted by Crippen LogP contribution is 2.33. The van der Waals surface area contributed by atoms with Crippen LogP contribution in [0.2, 0.25) is 25.2 Å². The van der Waals surface area contributed by atoms with E-state index in [4.69, 9.17) is 0 Å². The molecule has 15 heavy (non-hydrogen) atoms. The van der Waals surface area contributed by atoms with Gasteiger partial charge < -0.3 is 5.11 Å². The average molecular weight is 230 g/mol. The fraction of sp³-hybridized carbons (Fsp3) is 1.00. The van der Waals surface area contributed by atoms with Gasteiger partial charge in [-0.1, -0.05) is 65.6 Å². The summed E-state index contributed by atoms with van der Waals surface area (Å²) in [5, 5.41) is 10.2. The maximum absolute atomic E-state index is 10.2. The Balaban J connectivity index is 4.21. The van der Waals surface area contributed by atoms with Crippen molar-refractivity contribution in [3.05, 3.63) is 0 Å². The van der Waals surface area contributed by atoms with Crippen molar-refractivity contribution in [2.75, 3.05) is 0 Å². The maximum atomic E-state index is 10.2. The summed E-state index contributed by atoms with van der Waals surface area (Å²) in [4.78, 5) is 0. The number of unbranched alkanes of at least 4 members (excludes halogenated alkanes) is 2. The lowest BCUT2D eigenvalue weighted by Crippen LogP contribution is -2.36. The summed E-state index contributed by atoms with van der Waals surface area (Å²) in [6.07, 6.45) is 7.10. The molecule has 0 fully saturated rings. The second-order valence-electron chi connectivity index (χ2n) is 5.82. The van der Waals surface area contributed by atoms with Gasteiger partial charge in [-0.2, -0.15) is 0 Å². The zero-order valence-corrected chi connectivity index (χ0v) is 12.3. The molecule has 0 aliphatic rings. The Kier molecular flexibility index (Phi) is 7.54. The first-order valence-corrected chi connectivity index (χ1v) is 10.2. The van der Waals surface area contributed by atoms with E-state index in [-0.39, 0.29) is 6.10 Å². The molecule has 0 rings (SSSR count). The zero-order valence-electron chi connectivity index (χ0n) is 11.3. The fourth-order valence-corrected chi connectivity index (χ4v) is 4.63. The van der Waals surface area contributed by atoms with E-state index in [0.717, 1.165) is 6.42 Å². The van der Waals surface area contributed by atoms with Crippen LogP contribution in [0.4, 0.5) is 0 Å². The minimum absolute atomic E-state index is 0.0387. The molecule has 0 heterocycles. The van der Waals surface area contributed by atoms with Gasteiger partial charge in [0.05, 0.1) is 14.2 Å². The Morgan fingerprint density at radius 1 is 0.933 bits per heavy atom. The second kappa shape index (κ2) is 7.45. The SMILES string of the molecule is CCCC[C@H](O)[C@H](CCCC)[Si](C)(C)C. The Bertz CT molecular complexity index is 151. The highest BCUT2D eigenvalue weighted by molar-refractivity contribution is 6.77. The molecule has 0 saturated carbocycles. The van der Waals surface area contributed by atoms with Crippen molar-refractivity contribution in [3.63, 3.8) is 0 Å². The lowest BCUT2D eigenvalue weighted by molar-refractivity contribution is 0.145. The summed E-state index contributed by atoms with van der Waals surface area (Å²) in [5.74, 6) is 0. The lowest BCUT2D eigenvalue weighted by atomic mass is 10.0. The van der Waals surface area contributed by atoms with E-state index in [9.17, 15) is 5.11 Å². The zero-order chi connectivity index (χ0) is 11.9. The third-order valence-electron chi connectivity index (χ3n) is 3.30. The van der Waals surface area contributed by atoms with Crippen LogP contribution < -0.4 is 0 Å². The van der Waals surface area contributed by atoms with Gasteiger partial charge >= 0.3 is 0 Å². The maximum Gasteiger partial charge on any atom is 0.0544 e. The molecule has 92 valence electrons. The highest BCUT2D eigenvalue weighted by Gasteiger charge is 2.31. The minimum Gasteiger partial charge on any atom is -0.393 e. The molecule has 0 unspecified atom stereocenters. The average Bonchev–Trinajstić information content (AvgIpc) is 2.13. The number of hydrogen-bond donors (Lipinski definition) is 1. The summed E-state index contributed by atoms with van der Waals surface area (Å²) in [6.45, 7) is 11.6. The van der Waals surface area contributed by atoms with E-state index in [1.807, 2.05) is 0 Å². The third kappa shape index (κ3) is 6.36. The van der Waals surface area contributed by atoms with E-state index in [1.54, 1.807) is 0 Å². The molecule has 0 amide bonds. The van der Waals surface area contributed by atoms with Crippen molar-refractivity contribution >= 4 is 8.07 Å². The molecule has 0 radical (unpaired) electrons. The van der Waals surface area contributed by atoms with Crippen LogP contribution in [-0.4, -0.2) is 19.3 Å². The molecular weight excluding hydrogens is 200 g/mol. The predicted molar refractivity (Wildman–Crippen MR) is 72.2 cm³/mol. The van der Waals surface area contributed by atoms with Gasteiger partial charge in [0.2, 0.25) is 0 Å². The first kappa shape index (κ1) is 15.2. The van der Waals surface area contributed by atoms with E-state index in [1.165, 1.54) is 32.1 Å². The number of rotatable bonds is 8. The van der Waals surface area contributed by atoms with Crippen LogP contribution in [0, 0.1) is 0 Å². The van der Waals surface area contributed by atoms with Crippen molar-refractivity contribution < 1.29 is 5.11 Å². The number of aliphatic hydroxyl groups excluding tert-OH is 1. The Morgan fingerprint density at radius 2 is 1.40 bits per heavy atom. The monoisotopic (exact) mass is 230 g/mol. The summed E-state index contributed by atoms with van der Waals surface area (Å²) in [6, 6.07) is 0. The van der Waals surface area contributed by atoms with Crippen LogP contribution in [0.1, 0.15) is 52.4 Å². The van der Waals surface area contributed by atoms with Gasteiger partial charge in [0.1, 0.15) is 0 Å². The van der Waals surface area contributed by atoms with E-state index in [2.05, 4.69) is 33.5 Å². The topological polar surface area (TPSA) is 20.2 Å². The Hall–Kier alpha value is 0.177. The fourth-order valence-electron chi connectivity index (χ4n) is 2.24. The molecule has 2 atom stereocenters. The van der Waals surface area contributed by atoms with Crippen molar-refractivity contribution in [1.82, 2.24) is 0 Å². The van der Waals surface area contributed by atoms with E-state index < -0.39 is 8.07 Å². The van der Waals surface area contributed by atoms with Crippen LogP contribution in [-0.2, 0) is 0 Å². The molecule has 0 aliphatic carbocycles. The van der Waals surface area contributed by atoms with Gasteiger partial charge in [-0.3, -0.25) is 0 Å². The molecule has 1 nitrogen and oxygen atoms in total. The van der Waals surface area contributed by atoms with Crippen molar-refractivity contribution in [1.29, 1.82) is 0 Å². The number of aliphatic hydroxyl groups is 1. The molecular formula is C13H30OSi. The second-order valence-corrected chi connectivity index (χ2v) is 11.3. The molecule has 0 aromatic carbocycles. The molecule has 0 aromatic heterocycles. The predicted octanol–water partition coefficient (Wildman–Crippen LogP) is 4.44. The van der Waals surface area contributed by atoms with Crippen LogP contribution in [0.5, 0.6) is 0 Å². The summed E-state index contributed by atoms with van der Waals surface area (Å²) >= 11 is 0. The molecule has 1 N–H and O–H groups in total. The quantitative estimate of drug-likeness (QED) is 0.611. The summed E-state index contributed by atoms with van der Waals surface area (Å²) in [7, 11) is -1.19. The van der Waals surface area contributed by atoms with Crippen LogP contribution in [0.25, 0.3) is 0 Å². The van der Waals surface area contributed by atoms with E-state index >= 15 is 0 Å². The molecule has 0 bridgehead atoms. The molecule has 0 spiro atoms. The van der Waals surface area contributed by atoms with Gasteiger partial charge in [0, 0.05) is 0 Å². The van der Waals surface area contributed by atoms with Gasteiger partial charge in [-0.25, -0.2) is 0 Å². The largest absolute Gasteiger partial charge is 0.393 e. The van der Waals surface area contributed by atoms with Crippen LogP contribution in [0.3, 0.4) is 0 Å². The summed E-state index contributed by atoms with van der Waals surface area (Å²) in [5.41, 5.74) is 0.601. The minimum atomic E-state index is -1.19. The van der Waals surface area contributed by atoms with Gasteiger partial charge in [0.15, 0.2) is 0 Å².